The Morgan fingerprint density at radius 2 is 1.72 bits per heavy atom. The second kappa shape index (κ2) is 8.18. The fourth-order valence-electron chi connectivity index (χ4n) is 2.91. The van der Waals surface area contributed by atoms with Gasteiger partial charge in [-0.25, -0.2) is 0 Å². The van der Waals surface area contributed by atoms with Gasteiger partial charge in [-0.2, -0.15) is 0 Å². The molecule has 1 aliphatic rings. The summed E-state index contributed by atoms with van der Waals surface area (Å²) in [4.78, 5) is 25.7. The van der Waals surface area contributed by atoms with E-state index in [1.54, 1.807) is 4.90 Å². The first-order valence-corrected chi connectivity index (χ1v) is 9.11. The number of aliphatic carboxylic acids is 1. The topological polar surface area (TPSA) is 69.6 Å². The maximum Gasteiger partial charge on any atom is 0.322 e. The molecule has 1 amide bonds. The highest BCUT2D eigenvalue weighted by atomic mass is 32.2. The van der Waals surface area contributed by atoms with E-state index in [0.29, 0.717) is 18.8 Å². The molecule has 0 spiro atoms. The molecule has 1 saturated heterocycles. The lowest BCUT2D eigenvalue weighted by Crippen LogP contribution is -2.52. The number of carboxylic acids is 1. The van der Waals surface area contributed by atoms with Crippen LogP contribution in [0.1, 0.15) is 11.1 Å². The van der Waals surface area contributed by atoms with Crippen molar-refractivity contribution in [1.29, 1.82) is 0 Å². The normalized spacial score (nSPS) is 18.3. The lowest BCUT2D eigenvalue weighted by atomic mass is 10.1. The molecule has 1 heterocycles. The van der Waals surface area contributed by atoms with E-state index in [4.69, 9.17) is 0 Å². The Kier molecular flexibility index (Phi) is 5.73. The second-order valence-corrected chi connectivity index (χ2v) is 6.91. The van der Waals surface area contributed by atoms with Crippen LogP contribution in [-0.2, 0) is 17.9 Å². The van der Waals surface area contributed by atoms with Crippen LogP contribution < -0.4 is 5.32 Å². The molecule has 130 valence electrons. The molecule has 5 nitrogen and oxygen atoms in total. The third kappa shape index (κ3) is 4.41. The molecular weight excluding hydrogens is 336 g/mol. The largest absolute Gasteiger partial charge is 0.480 e. The van der Waals surface area contributed by atoms with Crippen molar-refractivity contribution in [2.24, 2.45) is 0 Å². The minimum absolute atomic E-state index is 0.0679. The number of carbonyl (C=O) groups excluding carboxylic acids is 1. The van der Waals surface area contributed by atoms with E-state index in [2.05, 4.69) is 5.32 Å². The Bertz CT molecular complexity index is 724. The van der Waals surface area contributed by atoms with Gasteiger partial charge in [0, 0.05) is 18.8 Å². The fourth-order valence-corrected chi connectivity index (χ4v) is 3.97. The number of hydrogen-bond acceptors (Lipinski definition) is 4. The summed E-state index contributed by atoms with van der Waals surface area (Å²) in [5.74, 6) is -0.459. The number of rotatable bonds is 7. The van der Waals surface area contributed by atoms with E-state index in [-0.39, 0.29) is 11.3 Å². The van der Waals surface area contributed by atoms with E-state index in [0.717, 1.165) is 11.1 Å². The summed E-state index contributed by atoms with van der Waals surface area (Å²) in [7, 11) is 0. The summed E-state index contributed by atoms with van der Waals surface area (Å²) in [5.41, 5.74) is 2.01. The predicted octanol–water partition coefficient (Wildman–Crippen LogP) is 2.97. The Morgan fingerprint density at radius 3 is 2.32 bits per heavy atom. The SMILES string of the molecule is O=C(O)[C@H](NCc1ccccc1)[C@@H]1CSC(=O)N1Cc1ccccc1. The molecule has 0 unspecified atom stereocenters. The Balaban J connectivity index is 1.72. The molecule has 2 aromatic carbocycles. The van der Waals surface area contributed by atoms with Crippen molar-refractivity contribution in [2.45, 2.75) is 25.2 Å². The van der Waals surface area contributed by atoms with Crippen LogP contribution in [0.4, 0.5) is 4.79 Å². The minimum Gasteiger partial charge on any atom is -0.480 e. The van der Waals surface area contributed by atoms with E-state index < -0.39 is 12.0 Å². The van der Waals surface area contributed by atoms with Crippen molar-refractivity contribution in [3.63, 3.8) is 0 Å². The van der Waals surface area contributed by atoms with E-state index >= 15 is 0 Å². The number of carboxylic acid groups (broad SMARTS) is 1. The summed E-state index contributed by atoms with van der Waals surface area (Å²) in [6.45, 7) is 0.875. The van der Waals surface area contributed by atoms with Crippen molar-refractivity contribution in [1.82, 2.24) is 10.2 Å². The first-order chi connectivity index (χ1) is 12.1. The highest BCUT2D eigenvalue weighted by Gasteiger charge is 2.40. The third-order valence-electron chi connectivity index (χ3n) is 4.23. The lowest BCUT2D eigenvalue weighted by molar-refractivity contribution is -0.140. The van der Waals surface area contributed by atoms with Gasteiger partial charge in [0.15, 0.2) is 0 Å². The number of nitrogens with zero attached hydrogens (tertiary/aromatic N) is 1. The highest BCUT2D eigenvalue weighted by molar-refractivity contribution is 8.13. The smallest absolute Gasteiger partial charge is 0.322 e. The van der Waals surface area contributed by atoms with Gasteiger partial charge in [-0.3, -0.25) is 14.9 Å². The standard InChI is InChI=1S/C19H20N2O3S/c22-18(23)17(20-11-14-7-3-1-4-8-14)16-13-25-19(24)21(16)12-15-9-5-2-6-10-15/h1-10,16-17,20H,11-13H2,(H,22,23)/t16-,17+/m0/s1. The van der Waals surface area contributed by atoms with Crippen LogP contribution in [0.2, 0.25) is 0 Å². The number of benzene rings is 2. The third-order valence-corrected chi connectivity index (χ3v) is 5.22. The molecule has 0 radical (unpaired) electrons. The van der Waals surface area contributed by atoms with Gasteiger partial charge >= 0.3 is 5.97 Å². The van der Waals surface area contributed by atoms with Crippen LogP contribution in [0.3, 0.4) is 0 Å². The van der Waals surface area contributed by atoms with Gasteiger partial charge in [-0.05, 0) is 11.1 Å². The van der Waals surface area contributed by atoms with Gasteiger partial charge in [0.25, 0.3) is 5.24 Å². The molecule has 25 heavy (non-hydrogen) atoms. The van der Waals surface area contributed by atoms with Crippen molar-refractivity contribution in [3.8, 4) is 0 Å². The second-order valence-electron chi connectivity index (χ2n) is 5.94. The van der Waals surface area contributed by atoms with Crippen molar-refractivity contribution < 1.29 is 14.7 Å². The number of carbonyl (C=O) groups is 2. The summed E-state index contributed by atoms with van der Waals surface area (Å²) in [6.07, 6.45) is 0. The molecule has 2 aromatic rings. The zero-order valence-electron chi connectivity index (χ0n) is 13.7. The average Bonchev–Trinajstić information content (AvgIpc) is 2.97. The zero-order valence-corrected chi connectivity index (χ0v) is 14.5. The predicted molar refractivity (Wildman–Crippen MR) is 98.3 cm³/mol. The molecule has 3 rings (SSSR count). The Labute approximate surface area is 151 Å². The van der Waals surface area contributed by atoms with E-state index in [9.17, 15) is 14.7 Å². The molecule has 1 aliphatic heterocycles. The van der Waals surface area contributed by atoms with Gasteiger partial charge in [-0.1, -0.05) is 72.4 Å². The van der Waals surface area contributed by atoms with Gasteiger partial charge in [0.05, 0.1) is 6.04 Å². The average molecular weight is 356 g/mol. The quantitative estimate of drug-likeness (QED) is 0.798. The maximum absolute atomic E-state index is 12.3. The summed E-state index contributed by atoms with van der Waals surface area (Å²) >= 11 is 1.18. The number of nitrogens with one attached hydrogen (secondary N) is 1. The van der Waals surface area contributed by atoms with Crippen LogP contribution in [-0.4, -0.2) is 39.1 Å². The molecule has 6 heteroatoms. The number of thioether (sulfide) groups is 1. The highest BCUT2D eigenvalue weighted by Crippen LogP contribution is 2.28. The van der Waals surface area contributed by atoms with Crippen LogP contribution >= 0.6 is 11.8 Å². The molecule has 0 saturated carbocycles. The Morgan fingerprint density at radius 1 is 1.12 bits per heavy atom. The van der Waals surface area contributed by atoms with Crippen molar-refractivity contribution in [3.05, 3.63) is 71.8 Å². The molecule has 0 aromatic heterocycles. The zero-order chi connectivity index (χ0) is 17.6. The number of hydrogen-bond donors (Lipinski definition) is 2. The van der Waals surface area contributed by atoms with Crippen LogP contribution in [0.15, 0.2) is 60.7 Å². The summed E-state index contributed by atoms with van der Waals surface area (Å²) in [6, 6.07) is 18.1. The number of amides is 1. The Hall–Kier alpha value is -2.31. The molecule has 2 N–H and O–H groups in total. The fraction of sp³-hybridized carbons (Fsp3) is 0.263. The van der Waals surface area contributed by atoms with E-state index in [1.807, 2.05) is 60.7 Å². The van der Waals surface area contributed by atoms with Gasteiger partial charge in [0.2, 0.25) is 0 Å². The van der Waals surface area contributed by atoms with Gasteiger partial charge in [-0.15, -0.1) is 0 Å². The van der Waals surface area contributed by atoms with Crippen molar-refractivity contribution >= 4 is 23.0 Å². The molecule has 0 aliphatic carbocycles. The maximum atomic E-state index is 12.3. The minimum atomic E-state index is -0.936. The first kappa shape index (κ1) is 17.5. The van der Waals surface area contributed by atoms with Crippen LogP contribution in [0.25, 0.3) is 0 Å². The summed E-state index contributed by atoms with van der Waals surface area (Å²) in [5, 5.41) is 12.7. The molecule has 1 fully saturated rings. The van der Waals surface area contributed by atoms with Gasteiger partial charge < -0.3 is 10.0 Å². The molecule has 2 atom stereocenters. The lowest BCUT2D eigenvalue weighted by Gasteiger charge is -2.29. The van der Waals surface area contributed by atoms with Crippen molar-refractivity contribution in [2.75, 3.05) is 5.75 Å². The molecular formula is C19H20N2O3S. The monoisotopic (exact) mass is 356 g/mol. The first-order valence-electron chi connectivity index (χ1n) is 8.12. The summed E-state index contributed by atoms with van der Waals surface area (Å²) < 4.78 is 0. The van der Waals surface area contributed by atoms with Crippen LogP contribution in [0.5, 0.6) is 0 Å². The van der Waals surface area contributed by atoms with Crippen LogP contribution in [0, 0.1) is 0 Å². The van der Waals surface area contributed by atoms with Gasteiger partial charge in [0.1, 0.15) is 6.04 Å². The molecule has 0 bridgehead atoms. The van der Waals surface area contributed by atoms with E-state index in [1.165, 1.54) is 11.8 Å².